The van der Waals surface area contributed by atoms with Crippen molar-refractivity contribution in [3.05, 3.63) is 71.2 Å². The summed E-state index contributed by atoms with van der Waals surface area (Å²) in [6.07, 6.45) is -0.161. The highest BCUT2D eigenvalue weighted by Gasteiger charge is 2.58. The van der Waals surface area contributed by atoms with Crippen molar-refractivity contribution >= 4 is 11.8 Å². The van der Waals surface area contributed by atoms with E-state index in [2.05, 4.69) is 15.6 Å². The first-order chi connectivity index (χ1) is 22.7. The van der Waals surface area contributed by atoms with Crippen molar-refractivity contribution in [3.8, 4) is 28.5 Å². The van der Waals surface area contributed by atoms with Crippen LogP contribution in [0.4, 0.5) is 17.6 Å². The van der Waals surface area contributed by atoms with Crippen molar-refractivity contribution in [2.45, 2.75) is 81.2 Å². The molecule has 0 unspecified atom stereocenters. The van der Waals surface area contributed by atoms with Crippen molar-refractivity contribution < 1.29 is 46.5 Å². The molecule has 2 aliphatic carbocycles. The molecule has 48 heavy (non-hydrogen) atoms. The second kappa shape index (κ2) is 12.2. The van der Waals surface area contributed by atoms with Gasteiger partial charge in [-0.15, -0.1) is 0 Å². The average Bonchev–Trinajstić information content (AvgIpc) is 3.66. The molecule has 1 aliphatic heterocycles. The Labute approximate surface area is 275 Å². The number of amides is 2. The minimum absolute atomic E-state index is 0.0218. The van der Waals surface area contributed by atoms with Gasteiger partial charge in [-0.25, -0.2) is 9.37 Å². The van der Waals surface area contributed by atoms with Crippen LogP contribution >= 0.6 is 0 Å². The first-order valence-corrected chi connectivity index (χ1v) is 15.9. The van der Waals surface area contributed by atoms with Crippen molar-refractivity contribution in [1.82, 2.24) is 15.6 Å². The van der Waals surface area contributed by atoms with E-state index < -0.39 is 52.6 Å². The quantitative estimate of drug-likeness (QED) is 0.236. The van der Waals surface area contributed by atoms with Crippen molar-refractivity contribution in [2.24, 2.45) is 0 Å². The van der Waals surface area contributed by atoms with E-state index in [-0.39, 0.29) is 46.6 Å². The minimum Gasteiger partial charge on any atom is -0.493 e. The summed E-state index contributed by atoms with van der Waals surface area (Å²) in [5, 5.41) is 16.7. The van der Waals surface area contributed by atoms with Crippen LogP contribution in [-0.2, 0) is 15.8 Å². The molecule has 3 aliphatic rings. The van der Waals surface area contributed by atoms with Crippen LogP contribution < -0.4 is 24.8 Å². The fourth-order valence-electron chi connectivity index (χ4n) is 6.20. The number of nitrogens with zero attached hydrogens (tertiary/aromatic N) is 1. The van der Waals surface area contributed by atoms with E-state index in [0.29, 0.717) is 5.75 Å². The highest BCUT2D eigenvalue weighted by Crippen LogP contribution is 2.48. The van der Waals surface area contributed by atoms with Crippen LogP contribution in [0.25, 0.3) is 11.3 Å². The van der Waals surface area contributed by atoms with Gasteiger partial charge in [-0.1, -0.05) is 12.8 Å². The van der Waals surface area contributed by atoms with Gasteiger partial charge >= 0.3 is 6.18 Å². The van der Waals surface area contributed by atoms with Crippen LogP contribution in [0.5, 0.6) is 17.2 Å². The smallest absolute Gasteiger partial charge is 0.424 e. The Morgan fingerprint density at radius 2 is 1.73 bits per heavy atom. The summed E-state index contributed by atoms with van der Waals surface area (Å²) in [7, 11) is 1.38. The van der Waals surface area contributed by atoms with Gasteiger partial charge in [0.05, 0.1) is 25.5 Å². The Morgan fingerprint density at radius 3 is 2.35 bits per heavy atom. The predicted octanol–water partition coefficient (Wildman–Crippen LogP) is 5.72. The van der Waals surface area contributed by atoms with Crippen LogP contribution in [0, 0.1) is 5.82 Å². The normalized spacial score (nSPS) is 21.1. The molecule has 0 spiro atoms. The number of nitrogens with one attached hydrogen (secondary N) is 2. The fourth-order valence-corrected chi connectivity index (χ4v) is 6.20. The summed E-state index contributed by atoms with van der Waals surface area (Å²) >= 11 is 0. The fraction of sp³-hybridized carbons (Fsp3) is 0.457. The lowest BCUT2D eigenvalue weighted by atomic mass is 9.80. The number of ether oxygens (including phenoxy) is 3. The molecule has 0 saturated heterocycles. The van der Waals surface area contributed by atoms with Gasteiger partial charge in [0.2, 0.25) is 11.5 Å². The maximum atomic E-state index is 14.9. The molecule has 3 aromatic rings. The zero-order valence-corrected chi connectivity index (χ0v) is 26.8. The Bertz CT molecular complexity index is 1720. The van der Waals surface area contributed by atoms with E-state index >= 15 is 0 Å². The van der Waals surface area contributed by atoms with E-state index in [1.165, 1.54) is 37.4 Å². The lowest BCUT2D eigenvalue weighted by Crippen LogP contribution is -2.53. The van der Waals surface area contributed by atoms with Crippen LogP contribution in [-0.4, -0.2) is 60.0 Å². The van der Waals surface area contributed by atoms with Gasteiger partial charge < -0.3 is 30.0 Å². The highest BCUT2D eigenvalue weighted by molar-refractivity contribution is 5.95. The van der Waals surface area contributed by atoms with Gasteiger partial charge in [0.25, 0.3) is 5.91 Å². The minimum atomic E-state index is -5.34. The number of rotatable bonds is 10. The molecule has 2 fully saturated rings. The molecule has 0 bridgehead atoms. The van der Waals surface area contributed by atoms with Crippen molar-refractivity contribution in [3.63, 3.8) is 0 Å². The Morgan fingerprint density at radius 1 is 1.04 bits per heavy atom. The number of benzene rings is 2. The molecule has 2 atom stereocenters. The van der Waals surface area contributed by atoms with E-state index in [1.54, 1.807) is 6.92 Å². The van der Waals surface area contributed by atoms with Crippen LogP contribution in [0.1, 0.15) is 74.0 Å². The third kappa shape index (κ3) is 6.27. The van der Waals surface area contributed by atoms with Gasteiger partial charge in [-0.05, 0) is 88.1 Å². The molecule has 13 heteroatoms. The maximum Gasteiger partial charge on any atom is 0.424 e. The van der Waals surface area contributed by atoms with Crippen LogP contribution in [0.15, 0.2) is 48.5 Å². The number of methoxy groups -OCH3 is 1. The molecular weight excluding hydrogens is 634 g/mol. The van der Waals surface area contributed by atoms with Gasteiger partial charge in [0.15, 0.2) is 11.5 Å². The molecule has 6 rings (SSSR count). The summed E-state index contributed by atoms with van der Waals surface area (Å²) in [5.41, 5.74) is -6.36. The second-order valence-electron chi connectivity index (χ2n) is 13.3. The van der Waals surface area contributed by atoms with Crippen LogP contribution in [0.2, 0.25) is 0 Å². The summed E-state index contributed by atoms with van der Waals surface area (Å²) in [5.74, 6) is -1.26. The number of hydrogen-bond donors (Lipinski definition) is 3. The predicted molar refractivity (Wildman–Crippen MR) is 166 cm³/mol. The van der Waals surface area contributed by atoms with Crippen molar-refractivity contribution in [2.75, 3.05) is 20.3 Å². The monoisotopic (exact) mass is 671 g/mol. The SMILES string of the molecule is COc1cc(C(=O)NC[C@](O)(c2cc3c(c(-c4ccc(F)cc4)n2)OC[C@]3(C)C(=O)NC2(C)CCCC2)C(F)(F)F)ccc1OC1CC1. The number of halogens is 4. The number of carbonyl (C=O) groups excluding carboxylic acids is 2. The third-order valence-corrected chi connectivity index (χ3v) is 9.46. The second-order valence-corrected chi connectivity index (χ2v) is 13.3. The molecular formula is C35H37F4N3O6. The lowest BCUT2D eigenvalue weighted by Gasteiger charge is -2.33. The van der Waals surface area contributed by atoms with E-state index in [1.807, 2.05) is 6.92 Å². The Balaban J connectivity index is 1.37. The number of hydrogen-bond acceptors (Lipinski definition) is 7. The lowest BCUT2D eigenvalue weighted by molar-refractivity contribution is -0.265. The van der Waals surface area contributed by atoms with E-state index in [0.717, 1.165) is 56.7 Å². The molecule has 2 amide bonds. The van der Waals surface area contributed by atoms with Gasteiger partial charge in [-0.2, -0.15) is 13.2 Å². The number of carbonyl (C=O) groups is 2. The number of pyridine rings is 1. The Hall–Kier alpha value is -4.39. The Kier molecular flexibility index (Phi) is 8.55. The zero-order chi connectivity index (χ0) is 34.5. The first-order valence-electron chi connectivity index (χ1n) is 15.9. The largest absolute Gasteiger partial charge is 0.493 e. The number of fused-ring (bicyclic) bond motifs is 1. The summed E-state index contributed by atoms with van der Waals surface area (Å²) < 4.78 is 75.6. The standard InChI is InChI=1S/C35H37F4N3O6/c1-32(14-4-5-15-32)42-31(44)33(2)19-47-29-24(33)17-27(41-28(29)20-6-9-22(36)10-7-20)34(45,35(37,38)39)18-40-30(43)21-8-13-25(26(16-21)46-3)48-23-11-12-23/h6-10,13,16-17,23,45H,4-5,11-12,14-15,18-19H2,1-3H3,(H,40,43)(H,42,44)/t33-,34-/m0/s1. The molecule has 3 N–H and O–H groups in total. The summed E-state index contributed by atoms with van der Waals surface area (Å²) in [6.45, 7) is 1.97. The molecule has 1 aromatic heterocycles. The molecule has 9 nitrogen and oxygen atoms in total. The molecule has 2 saturated carbocycles. The van der Waals surface area contributed by atoms with Gasteiger partial charge in [-0.3, -0.25) is 9.59 Å². The van der Waals surface area contributed by atoms with E-state index in [4.69, 9.17) is 14.2 Å². The third-order valence-electron chi connectivity index (χ3n) is 9.46. The van der Waals surface area contributed by atoms with E-state index in [9.17, 15) is 32.3 Å². The molecule has 2 aromatic carbocycles. The van der Waals surface area contributed by atoms with Crippen molar-refractivity contribution in [1.29, 1.82) is 0 Å². The number of alkyl halides is 3. The topological polar surface area (TPSA) is 119 Å². The average molecular weight is 672 g/mol. The molecule has 0 radical (unpaired) electrons. The number of aromatic nitrogens is 1. The summed E-state index contributed by atoms with van der Waals surface area (Å²) in [6, 6.07) is 10.1. The van der Waals surface area contributed by atoms with Gasteiger partial charge in [0, 0.05) is 22.2 Å². The molecule has 256 valence electrons. The maximum absolute atomic E-state index is 14.9. The summed E-state index contributed by atoms with van der Waals surface area (Å²) in [4.78, 5) is 31.2. The zero-order valence-electron chi connectivity index (χ0n) is 26.8. The molecule has 2 heterocycles. The van der Waals surface area contributed by atoms with Gasteiger partial charge in [0.1, 0.15) is 29.3 Å². The van der Waals surface area contributed by atoms with Crippen LogP contribution in [0.3, 0.4) is 0 Å². The number of aliphatic hydroxyl groups is 1. The highest BCUT2D eigenvalue weighted by atomic mass is 19.4. The first kappa shape index (κ1) is 33.5.